The van der Waals surface area contributed by atoms with E-state index in [0.29, 0.717) is 26.2 Å². The van der Waals surface area contributed by atoms with Crippen LogP contribution < -0.4 is 20.6 Å². The molecule has 2 rings (SSSR count). The van der Waals surface area contributed by atoms with Gasteiger partial charge in [-0.2, -0.15) is 0 Å². The molecule has 0 fully saturated rings. The van der Waals surface area contributed by atoms with Crippen LogP contribution in [0.25, 0.3) is 0 Å². The number of hydrogen-bond donors (Lipinski definition) is 6. The van der Waals surface area contributed by atoms with Crippen LogP contribution in [0.15, 0.2) is 0 Å². The average Bonchev–Trinajstić information content (AvgIpc) is 2.25. The summed E-state index contributed by atoms with van der Waals surface area (Å²) in [6, 6.07) is 0. The first-order valence-electron chi connectivity index (χ1n) is 5.27. The van der Waals surface area contributed by atoms with E-state index in [0.717, 1.165) is 18.1 Å². The lowest BCUT2D eigenvalue weighted by Crippen LogP contribution is -2.86. The van der Waals surface area contributed by atoms with E-state index in [1.165, 1.54) is 0 Å². The molecule has 2 aliphatic heterocycles. The lowest BCUT2D eigenvalue weighted by molar-refractivity contribution is -0.483. The Balaban J connectivity index is 1.87. The van der Waals surface area contributed by atoms with Crippen LogP contribution in [-0.2, 0) is 0 Å². The summed E-state index contributed by atoms with van der Waals surface area (Å²) in [6.45, 7) is 2.38. The van der Waals surface area contributed by atoms with E-state index in [1.807, 2.05) is 0 Å². The third-order valence-electron chi connectivity index (χ3n) is 2.56. The normalized spacial score (nSPS) is 31.1. The lowest BCUT2D eigenvalue weighted by Gasteiger charge is -2.15. The number of aliphatic hydroxyl groups excluding tert-OH is 2. The Morgan fingerprint density at radius 1 is 1.00 bits per heavy atom. The number of aliphatic hydroxyl groups is 2. The van der Waals surface area contributed by atoms with Crippen molar-refractivity contribution >= 4 is 11.7 Å². The fourth-order valence-electron chi connectivity index (χ4n) is 1.66. The standard InChI is InChI=1S/C9H16N4O2/c14-6-2-10-8(11-3-6)1-9-12-4-7(15)5-13-9/h6-7,14-15H,1-5H2,(H,10,11)(H,12,13)/p+2. The molecule has 0 amide bonds. The molecule has 0 saturated heterocycles. The predicted octanol–water partition coefficient (Wildman–Crippen LogP) is -5.74. The van der Waals surface area contributed by atoms with Crippen LogP contribution in [0.2, 0.25) is 0 Å². The van der Waals surface area contributed by atoms with E-state index in [9.17, 15) is 10.2 Å². The SMILES string of the molecule is OC1CNC(CC2=[NH+]CC(O)CN2)=[NH+]C1. The molecule has 2 aliphatic rings. The van der Waals surface area contributed by atoms with Crippen LogP contribution in [0.1, 0.15) is 6.42 Å². The van der Waals surface area contributed by atoms with Gasteiger partial charge in [-0.05, 0) is 0 Å². The molecule has 15 heavy (non-hydrogen) atoms. The molecule has 6 N–H and O–H groups in total. The van der Waals surface area contributed by atoms with Gasteiger partial charge < -0.3 is 10.2 Å². The molecule has 2 unspecified atom stereocenters. The van der Waals surface area contributed by atoms with Crippen LogP contribution in [0.4, 0.5) is 0 Å². The van der Waals surface area contributed by atoms with Gasteiger partial charge in [0.05, 0.1) is 0 Å². The van der Waals surface area contributed by atoms with Crippen LogP contribution in [0.5, 0.6) is 0 Å². The Bertz CT molecular complexity index is 262. The van der Waals surface area contributed by atoms with Crippen molar-refractivity contribution in [1.29, 1.82) is 0 Å². The second kappa shape index (κ2) is 4.59. The Hall–Kier alpha value is -1.14. The van der Waals surface area contributed by atoms with Crippen molar-refractivity contribution in [2.45, 2.75) is 18.6 Å². The highest BCUT2D eigenvalue weighted by Gasteiger charge is 2.24. The third-order valence-corrected chi connectivity index (χ3v) is 2.56. The minimum Gasteiger partial charge on any atom is -0.385 e. The second-order valence-corrected chi connectivity index (χ2v) is 3.97. The molecule has 84 valence electrons. The van der Waals surface area contributed by atoms with Gasteiger partial charge in [0.15, 0.2) is 0 Å². The Labute approximate surface area is 88.1 Å². The van der Waals surface area contributed by atoms with Crippen LogP contribution in [0.3, 0.4) is 0 Å². The fourth-order valence-corrected chi connectivity index (χ4v) is 1.66. The van der Waals surface area contributed by atoms with Gasteiger partial charge in [-0.15, -0.1) is 0 Å². The zero-order valence-electron chi connectivity index (χ0n) is 8.58. The maximum atomic E-state index is 9.26. The molecule has 0 bridgehead atoms. The molecule has 6 nitrogen and oxygen atoms in total. The molecule has 0 aromatic carbocycles. The van der Waals surface area contributed by atoms with E-state index in [4.69, 9.17) is 0 Å². The summed E-state index contributed by atoms with van der Waals surface area (Å²) in [5, 5.41) is 24.8. The molecule has 6 heteroatoms. The summed E-state index contributed by atoms with van der Waals surface area (Å²) < 4.78 is 0. The number of amidine groups is 2. The van der Waals surface area contributed by atoms with Gasteiger partial charge in [0.2, 0.25) is 0 Å². The average molecular weight is 214 g/mol. The minimum atomic E-state index is -0.312. The summed E-state index contributed by atoms with van der Waals surface area (Å²) in [6.07, 6.45) is 0.111. The van der Waals surface area contributed by atoms with E-state index in [2.05, 4.69) is 20.6 Å². The van der Waals surface area contributed by atoms with Crippen molar-refractivity contribution in [2.24, 2.45) is 0 Å². The first-order valence-corrected chi connectivity index (χ1v) is 5.27. The summed E-state index contributed by atoms with van der Waals surface area (Å²) in [7, 11) is 0. The van der Waals surface area contributed by atoms with E-state index in [-0.39, 0.29) is 12.2 Å². The molecule has 0 spiro atoms. The van der Waals surface area contributed by atoms with Gasteiger partial charge in [0, 0.05) is 0 Å². The summed E-state index contributed by atoms with van der Waals surface area (Å²) >= 11 is 0. The van der Waals surface area contributed by atoms with E-state index in [1.54, 1.807) is 0 Å². The predicted molar refractivity (Wildman–Crippen MR) is 54.3 cm³/mol. The van der Waals surface area contributed by atoms with Crippen molar-refractivity contribution in [3.8, 4) is 0 Å². The Morgan fingerprint density at radius 2 is 1.47 bits per heavy atom. The second-order valence-electron chi connectivity index (χ2n) is 3.97. The third kappa shape index (κ3) is 2.90. The molecule has 2 heterocycles. The van der Waals surface area contributed by atoms with Crippen molar-refractivity contribution in [2.75, 3.05) is 26.2 Å². The molecule has 0 aliphatic carbocycles. The summed E-state index contributed by atoms with van der Waals surface area (Å²) in [4.78, 5) is 6.24. The maximum absolute atomic E-state index is 9.26. The van der Waals surface area contributed by atoms with Crippen LogP contribution in [0, 0.1) is 0 Å². The Kier molecular flexibility index (Phi) is 3.17. The molecular formula is C9H18N4O2+2. The van der Waals surface area contributed by atoms with Gasteiger partial charge in [0.1, 0.15) is 44.8 Å². The lowest BCUT2D eigenvalue weighted by atomic mass is 10.2. The van der Waals surface area contributed by atoms with Crippen LogP contribution >= 0.6 is 0 Å². The first-order chi connectivity index (χ1) is 7.24. The van der Waals surface area contributed by atoms with Crippen molar-refractivity contribution < 1.29 is 20.2 Å². The van der Waals surface area contributed by atoms with Crippen molar-refractivity contribution in [3.63, 3.8) is 0 Å². The molecule has 0 saturated carbocycles. The highest BCUT2D eigenvalue weighted by Crippen LogP contribution is 1.85. The number of nitrogens with one attached hydrogen (secondary N) is 4. The van der Waals surface area contributed by atoms with Crippen molar-refractivity contribution in [3.05, 3.63) is 0 Å². The molecular weight excluding hydrogens is 196 g/mol. The van der Waals surface area contributed by atoms with E-state index < -0.39 is 0 Å². The zero-order chi connectivity index (χ0) is 10.7. The first kappa shape index (κ1) is 10.4. The number of hydrogen-bond acceptors (Lipinski definition) is 4. The fraction of sp³-hybridized carbons (Fsp3) is 0.778. The van der Waals surface area contributed by atoms with Gasteiger partial charge in [-0.1, -0.05) is 0 Å². The number of rotatable bonds is 2. The van der Waals surface area contributed by atoms with Gasteiger partial charge in [-0.3, -0.25) is 20.6 Å². The summed E-state index contributed by atoms with van der Waals surface area (Å²) in [5.41, 5.74) is 0. The van der Waals surface area contributed by atoms with Gasteiger partial charge in [-0.25, -0.2) is 0 Å². The highest BCUT2D eigenvalue weighted by atomic mass is 16.3. The van der Waals surface area contributed by atoms with Crippen LogP contribution in [-0.4, -0.2) is 60.3 Å². The smallest absolute Gasteiger partial charge is 0.255 e. The quantitative estimate of drug-likeness (QED) is 0.276. The zero-order valence-corrected chi connectivity index (χ0v) is 8.58. The molecule has 0 radical (unpaired) electrons. The molecule has 0 aromatic heterocycles. The van der Waals surface area contributed by atoms with Gasteiger partial charge in [0.25, 0.3) is 11.7 Å². The molecule has 2 atom stereocenters. The minimum absolute atomic E-state index is 0.312. The maximum Gasteiger partial charge on any atom is 0.255 e. The largest absolute Gasteiger partial charge is 0.385 e. The Morgan fingerprint density at radius 3 is 1.80 bits per heavy atom. The van der Waals surface area contributed by atoms with Crippen molar-refractivity contribution in [1.82, 2.24) is 10.6 Å². The van der Waals surface area contributed by atoms with Gasteiger partial charge >= 0.3 is 0 Å². The summed E-state index contributed by atoms with van der Waals surface area (Å²) in [5.74, 6) is 2.01. The molecule has 0 aromatic rings. The highest BCUT2D eigenvalue weighted by molar-refractivity contribution is 5.97. The van der Waals surface area contributed by atoms with E-state index >= 15 is 0 Å². The number of β-amino-alcohol motifs (C(OH)–C–C–N with tert-alkyl or cyclic N) is 2. The topological polar surface area (TPSA) is 92.5 Å². The monoisotopic (exact) mass is 214 g/mol.